The lowest BCUT2D eigenvalue weighted by molar-refractivity contribution is 0.00578. The van der Waals surface area contributed by atoms with Crippen molar-refractivity contribution in [2.75, 3.05) is 6.61 Å². The zero-order valence-corrected chi connectivity index (χ0v) is 17.8. The molecule has 0 radical (unpaired) electrons. The molecule has 1 fully saturated rings. The third-order valence-electron chi connectivity index (χ3n) is 5.50. The van der Waals surface area contributed by atoms with E-state index < -0.39 is 0 Å². The molecule has 1 aromatic carbocycles. The zero-order chi connectivity index (χ0) is 20.1. The highest BCUT2D eigenvalue weighted by Crippen LogP contribution is 2.38. The van der Waals surface area contributed by atoms with Gasteiger partial charge in [-0.15, -0.1) is 0 Å². The highest BCUT2D eigenvalue weighted by Gasteiger charge is 2.50. The lowest BCUT2D eigenvalue weighted by atomic mass is 9.82. The predicted molar refractivity (Wildman–Crippen MR) is 110 cm³/mol. The van der Waals surface area contributed by atoms with Crippen LogP contribution in [0.25, 0.3) is 0 Å². The summed E-state index contributed by atoms with van der Waals surface area (Å²) in [6.45, 7) is 13.0. The Hall–Kier alpha value is -1.51. The van der Waals surface area contributed by atoms with Crippen molar-refractivity contribution in [3.05, 3.63) is 29.8 Å². The Morgan fingerprint density at radius 3 is 2.37 bits per heavy atom. The quantitative estimate of drug-likeness (QED) is 0.430. The van der Waals surface area contributed by atoms with Crippen molar-refractivity contribution < 1.29 is 14.0 Å². The number of hydrogen-bond donors (Lipinski definition) is 0. The Morgan fingerprint density at radius 1 is 1.07 bits per heavy atom. The van der Waals surface area contributed by atoms with E-state index in [4.69, 9.17) is 14.0 Å². The molecule has 0 unspecified atom stereocenters. The highest BCUT2D eigenvalue weighted by atomic mass is 16.7. The van der Waals surface area contributed by atoms with Crippen molar-refractivity contribution in [1.82, 2.24) is 0 Å². The van der Waals surface area contributed by atoms with E-state index in [1.165, 1.54) is 0 Å². The Morgan fingerprint density at radius 2 is 1.74 bits per heavy atom. The Kier molecular flexibility index (Phi) is 7.00. The number of rotatable bonds is 9. The van der Waals surface area contributed by atoms with Gasteiger partial charge in [0.1, 0.15) is 5.75 Å². The number of hydrogen-bond acceptors (Lipinski definition) is 4. The summed E-state index contributed by atoms with van der Waals surface area (Å²) in [5.74, 6) is 0.882. The first-order valence-electron chi connectivity index (χ1n) is 10.0. The third-order valence-corrected chi connectivity index (χ3v) is 5.50. The highest BCUT2D eigenvalue weighted by molar-refractivity contribution is 6.45. The molecule has 4 nitrogen and oxygen atoms in total. The summed E-state index contributed by atoms with van der Waals surface area (Å²) in [5.41, 5.74) is 0.295. The molecule has 148 valence electrons. The molecule has 2 rings (SSSR count). The smallest absolute Gasteiger partial charge is 0.457 e. The normalized spacial score (nSPS) is 18.3. The van der Waals surface area contributed by atoms with Crippen LogP contribution in [0, 0.1) is 16.7 Å². The number of unbranched alkanes of at least 4 members (excludes halogenated alkanes) is 2. The summed E-state index contributed by atoms with van der Waals surface area (Å²) in [6.07, 6.45) is 4.82. The van der Waals surface area contributed by atoms with E-state index in [1.54, 1.807) is 0 Å². The lowest BCUT2D eigenvalue weighted by Gasteiger charge is -2.32. The van der Waals surface area contributed by atoms with Crippen molar-refractivity contribution >= 4 is 7.12 Å². The van der Waals surface area contributed by atoms with E-state index in [1.807, 2.05) is 32.0 Å². The van der Waals surface area contributed by atoms with Crippen LogP contribution in [0.2, 0.25) is 6.32 Å². The molecule has 1 aliphatic rings. The molecular formula is C22H34BNO3. The Balaban J connectivity index is 1.66. The van der Waals surface area contributed by atoms with E-state index in [9.17, 15) is 5.26 Å². The van der Waals surface area contributed by atoms with Crippen LogP contribution in [0.5, 0.6) is 5.75 Å². The molecule has 1 saturated heterocycles. The van der Waals surface area contributed by atoms with Crippen LogP contribution in [-0.2, 0) is 15.7 Å². The van der Waals surface area contributed by atoms with Gasteiger partial charge >= 0.3 is 7.12 Å². The topological polar surface area (TPSA) is 51.5 Å². The minimum Gasteiger partial charge on any atom is -0.494 e. The fraction of sp³-hybridized carbons (Fsp3) is 0.682. The summed E-state index contributed by atoms with van der Waals surface area (Å²) in [7, 11) is -0.101. The molecule has 0 amide bonds. The summed E-state index contributed by atoms with van der Waals surface area (Å²) < 4.78 is 17.9. The first-order valence-corrected chi connectivity index (χ1v) is 10.0. The van der Waals surface area contributed by atoms with Gasteiger partial charge in [-0.05, 0) is 78.4 Å². The van der Waals surface area contributed by atoms with Crippen LogP contribution in [0.15, 0.2) is 24.3 Å². The van der Waals surface area contributed by atoms with Gasteiger partial charge in [0.05, 0.1) is 29.3 Å². The molecule has 0 aliphatic carbocycles. The maximum Gasteiger partial charge on any atom is 0.457 e. The van der Waals surface area contributed by atoms with Gasteiger partial charge in [-0.25, -0.2) is 0 Å². The van der Waals surface area contributed by atoms with Gasteiger partial charge in [0.25, 0.3) is 0 Å². The number of nitrogens with zero attached hydrogens (tertiary/aromatic N) is 1. The second-order valence-electron chi connectivity index (χ2n) is 9.20. The summed E-state index contributed by atoms with van der Waals surface area (Å²) in [5, 5.41) is 9.19. The lowest BCUT2D eigenvalue weighted by Crippen LogP contribution is -2.41. The maximum absolute atomic E-state index is 9.19. The molecule has 0 bridgehead atoms. The van der Waals surface area contributed by atoms with Gasteiger partial charge < -0.3 is 14.0 Å². The van der Waals surface area contributed by atoms with Crippen molar-refractivity contribution in [3.8, 4) is 11.8 Å². The monoisotopic (exact) mass is 371 g/mol. The van der Waals surface area contributed by atoms with E-state index in [0.717, 1.165) is 43.3 Å². The van der Waals surface area contributed by atoms with Crippen LogP contribution in [-0.4, -0.2) is 24.9 Å². The van der Waals surface area contributed by atoms with Gasteiger partial charge in [-0.3, -0.25) is 0 Å². The number of nitriles is 1. The average molecular weight is 371 g/mol. The minimum atomic E-state index is -0.355. The zero-order valence-electron chi connectivity index (χ0n) is 17.8. The van der Waals surface area contributed by atoms with Crippen LogP contribution < -0.4 is 4.74 Å². The van der Waals surface area contributed by atoms with Gasteiger partial charge in [0.15, 0.2) is 0 Å². The largest absolute Gasteiger partial charge is 0.494 e. The SMILES string of the molecule is CC(C)(C#N)Cc1cccc(OCCCCCB2OC(C)(C)C(C)(C)O2)c1. The van der Waals surface area contributed by atoms with Gasteiger partial charge in [-0.1, -0.05) is 25.0 Å². The van der Waals surface area contributed by atoms with Gasteiger partial charge in [0, 0.05) is 0 Å². The van der Waals surface area contributed by atoms with Crippen LogP contribution in [0.3, 0.4) is 0 Å². The average Bonchev–Trinajstić information content (AvgIpc) is 2.78. The Labute approximate surface area is 165 Å². The fourth-order valence-electron chi connectivity index (χ4n) is 3.16. The molecule has 0 spiro atoms. The van der Waals surface area contributed by atoms with Crippen LogP contribution >= 0.6 is 0 Å². The van der Waals surface area contributed by atoms with E-state index in [-0.39, 0.29) is 23.7 Å². The second-order valence-corrected chi connectivity index (χ2v) is 9.20. The van der Waals surface area contributed by atoms with Crippen molar-refractivity contribution in [3.63, 3.8) is 0 Å². The van der Waals surface area contributed by atoms with E-state index >= 15 is 0 Å². The standard InChI is InChI=1S/C22H34BNO3/c1-20(2,17-24)16-18-11-10-12-19(15-18)25-14-9-7-8-13-23-26-21(3,4)22(5,6)27-23/h10-12,15H,7-9,13-14,16H2,1-6H3. The minimum absolute atomic E-state index is 0.101. The molecule has 0 atom stereocenters. The first kappa shape index (κ1) is 21.8. The molecule has 0 N–H and O–H groups in total. The molecule has 0 saturated carbocycles. The molecule has 1 heterocycles. The molecular weight excluding hydrogens is 337 g/mol. The molecule has 5 heteroatoms. The second kappa shape index (κ2) is 8.67. The van der Waals surface area contributed by atoms with Crippen molar-refractivity contribution in [1.29, 1.82) is 5.26 Å². The van der Waals surface area contributed by atoms with Crippen LogP contribution in [0.1, 0.15) is 66.4 Å². The third kappa shape index (κ3) is 6.26. The molecule has 0 aromatic heterocycles. The van der Waals surface area contributed by atoms with Gasteiger partial charge in [-0.2, -0.15) is 5.26 Å². The number of ether oxygens (including phenoxy) is 1. The summed E-state index contributed by atoms with van der Waals surface area (Å²) in [4.78, 5) is 0. The van der Waals surface area contributed by atoms with E-state index in [0.29, 0.717) is 6.61 Å². The van der Waals surface area contributed by atoms with Gasteiger partial charge in [0.2, 0.25) is 0 Å². The predicted octanol–water partition coefficient (Wildman–Crippen LogP) is 5.42. The molecule has 1 aliphatic heterocycles. The molecule has 1 aromatic rings. The van der Waals surface area contributed by atoms with Crippen molar-refractivity contribution in [2.45, 2.75) is 84.7 Å². The van der Waals surface area contributed by atoms with E-state index in [2.05, 4.69) is 39.8 Å². The molecule has 27 heavy (non-hydrogen) atoms. The fourth-order valence-corrected chi connectivity index (χ4v) is 3.16. The number of benzene rings is 1. The van der Waals surface area contributed by atoms with Crippen molar-refractivity contribution in [2.24, 2.45) is 5.41 Å². The maximum atomic E-state index is 9.19. The summed E-state index contributed by atoms with van der Waals surface area (Å²) >= 11 is 0. The Bertz CT molecular complexity index is 648. The van der Waals surface area contributed by atoms with Crippen LogP contribution in [0.4, 0.5) is 0 Å². The first-order chi connectivity index (χ1) is 12.5. The summed E-state index contributed by atoms with van der Waals surface area (Å²) in [6, 6.07) is 10.4.